The number of hydrogen-bond acceptors (Lipinski definition) is 4. The molecule has 1 aliphatic heterocycles. The number of rotatable bonds is 5. The summed E-state index contributed by atoms with van der Waals surface area (Å²) in [5, 5.41) is 0.0705. The van der Waals surface area contributed by atoms with E-state index >= 15 is 0 Å². The third kappa shape index (κ3) is 3.65. The second-order valence-corrected chi connectivity index (χ2v) is 7.78. The molecule has 1 atom stereocenters. The molecule has 0 bridgehead atoms. The highest BCUT2D eigenvalue weighted by Gasteiger charge is 2.42. The first-order valence-electron chi connectivity index (χ1n) is 10.5. The predicted octanol–water partition coefficient (Wildman–Crippen LogP) is 5.22. The number of halogens is 2. The van der Waals surface area contributed by atoms with E-state index in [1.807, 2.05) is 6.92 Å². The van der Waals surface area contributed by atoms with Crippen LogP contribution >= 0.6 is 0 Å². The minimum absolute atomic E-state index is 0.0693. The van der Waals surface area contributed by atoms with Gasteiger partial charge >= 0.3 is 0 Å². The summed E-state index contributed by atoms with van der Waals surface area (Å²) in [6.45, 7) is 2.51. The number of hydrogen-bond donors (Lipinski definition) is 0. The standard InChI is InChI=1S/C26H19F2NO4/c1-2-32-19-10-5-16(6-11-19)23-22-24(30)20-13-18(28)9-12-21(20)33-25(22)26(31)29(23)14-15-3-7-17(27)8-4-15/h3-13,23H,2,14H2,1H3. The first-order chi connectivity index (χ1) is 16.0. The number of ether oxygens (including phenoxy) is 1. The van der Waals surface area contributed by atoms with Gasteiger partial charge in [0.15, 0.2) is 5.43 Å². The third-order valence-corrected chi connectivity index (χ3v) is 5.70. The maximum atomic E-state index is 13.9. The number of amides is 1. The van der Waals surface area contributed by atoms with Gasteiger partial charge in [-0.15, -0.1) is 0 Å². The number of nitrogens with zero attached hydrogens (tertiary/aromatic N) is 1. The maximum Gasteiger partial charge on any atom is 0.291 e. The van der Waals surface area contributed by atoms with E-state index in [0.29, 0.717) is 23.5 Å². The van der Waals surface area contributed by atoms with Crippen molar-refractivity contribution in [2.75, 3.05) is 6.61 Å². The summed E-state index contributed by atoms with van der Waals surface area (Å²) < 4.78 is 38.6. The monoisotopic (exact) mass is 447 g/mol. The average molecular weight is 447 g/mol. The molecule has 0 spiro atoms. The topological polar surface area (TPSA) is 59.8 Å². The van der Waals surface area contributed by atoms with Crippen molar-refractivity contribution in [1.82, 2.24) is 4.90 Å². The van der Waals surface area contributed by atoms with E-state index in [0.717, 1.165) is 6.07 Å². The summed E-state index contributed by atoms with van der Waals surface area (Å²) in [5.74, 6) is -0.831. The Morgan fingerprint density at radius 3 is 2.33 bits per heavy atom. The van der Waals surface area contributed by atoms with Crippen LogP contribution in [0.4, 0.5) is 8.78 Å². The Bertz CT molecular complexity index is 1410. The van der Waals surface area contributed by atoms with Gasteiger partial charge in [0.05, 0.1) is 23.6 Å². The van der Waals surface area contributed by atoms with Crippen molar-refractivity contribution in [3.05, 3.63) is 111 Å². The highest BCUT2D eigenvalue weighted by atomic mass is 19.1. The number of fused-ring (bicyclic) bond motifs is 2. The molecule has 0 aliphatic carbocycles. The van der Waals surface area contributed by atoms with Crippen LogP contribution in [0.1, 0.15) is 40.2 Å². The largest absolute Gasteiger partial charge is 0.494 e. The first kappa shape index (κ1) is 20.9. The Balaban J connectivity index is 1.68. The molecule has 0 fully saturated rings. The lowest BCUT2D eigenvalue weighted by molar-refractivity contribution is 0.0714. The molecule has 1 unspecified atom stereocenters. The molecular formula is C26H19F2NO4. The maximum absolute atomic E-state index is 13.9. The summed E-state index contributed by atoms with van der Waals surface area (Å²) >= 11 is 0. The molecular weight excluding hydrogens is 428 g/mol. The number of carbonyl (C=O) groups excluding carboxylic acids is 1. The number of benzene rings is 3. The third-order valence-electron chi connectivity index (χ3n) is 5.70. The van der Waals surface area contributed by atoms with Crippen molar-refractivity contribution in [2.24, 2.45) is 0 Å². The summed E-state index contributed by atoms with van der Waals surface area (Å²) in [6, 6.07) is 15.8. The molecule has 0 saturated carbocycles. The Morgan fingerprint density at radius 2 is 1.64 bits per heavy atom. The van der Waals surface area contributed by atoms with Gasteiger partial charge in [-0.1, -0.05) is 24.3 Å². The van der Waals surface area contributed by atoms with E-state index in [1.165, 1.54) is 29.2 Å². The van der Waals surface area contributed by atoms with Gasteiger partial charge in [-0.25, -0.2) is 8.78 Å². The molecule has 1 aliphatic rings. The minimum atomic E-state index is -0.753. The van der Waals surface area contributed by atoms with E-state index in [1.54, 1.807) is 36.4 Å². The SMILES string of the molecule is CCOc1ccc(C2c3c(oc4ccc(F)cc4c3=O)C(=O)N2Cc2ccc(F)cc2)cc1. The molecule has 33 heavy (non-hydrogen) atoms. The summed E-state index contributed by atoms with van der Waals surface area (Å²) in [7, 11) is 0. The Kier molecular flexibility index (Phi) is 5.17. The van der Waals surface area contributed by atoms with Crippen molar-refractivity contribution in [2.45, 2.75) is 19.5 Å². The van der Waals surface area contributed by atoms with Crippen LogP contribution in [-0.4, -0.2) is 17.4 Å². The Labute approximate surface area is 187 Å². The van der Waals surface area contributed by atoms with Crippen molar-refractivity contribution in [3.63, 3.8) is 0 Å². The van der Waals surface area contributed by atoms with Crippen LogP contribution in [0.2, 0.25) is 0 Å². The summed E-state index contributed by atoms with van der Waals surface area (Å²) in [5.41, 5.74) is 1.21. The van der Waals surface area contributed by atoms with E-state index in [-0.39, 0.29) is 34.7 Å². The second-order valence-electron chi connectivity index (χ2n) is 7.78. The van der Waals surface area contributed by atoms with Gasteiger partial charge in [0.25, 0.3) is 5.91 Å². The molecule has 0 N–H and O–H groups in total. The normalized spacial score (nSPS) is 15.2. The zero-order valence-corrected chi connectivity index (χ0v) is 17.7. The molecule has 5 rings (SSSR count). The number of carbonyl (C=O) groups is 1. The van der Waals surface area contributed by atoms with Crippen LogP contribution in [0.15, 0.2) is 75.9 Å². The van der Waals surface area contributed by atoms with E-state index in [2.05, 4.69) is 0 Å². The van der Waals surface area contributed by atoms with Gasteiger partial charge in [-0.05, 0) is 60.5 Å². The molecule has 5 nitrogen and oxygen atoms in total. The van der Waals surface area contributed by atoms with E-state index in [4.69, 9.17) is 9.15 Å². The predicted molar refractivity (Wildman–Crippen MR) is 118 cm³/mol. The fourth-order valence-corrected chi connectivity index (χ4v) is 4.20. The smallest absolute Gasteiger partial charge is 0.291 e. The van der Waals surface area contributed by atoms with Crippen LogP contribution in [0.25, 0.3) is 11.0 Å². The first-order valence-corrected chi connectivity index (χ1v) is 10.5. The van der Waals surface area contributed by atoms with Crippen LogP contribution < -0.4 is 10.2 Å². The van der Waals surface area contributed by atoms with E-state index < -0.39 is 23.2 Å². The van der Waals surface area contributed by atoms with Gasteiger partial charge in [0.1, 0.15) is 23.0 Å². The van der Waals surface area contributed by atoms with Gasteiger partial charge < -0.3 is 14.1 Å². The van der Waals surface area contributed by atoms with Crippen molar-refractivity contribution in [3.8, 4) is 5.75 Å². The molecule has 2 heterocycles. The second kappa shape index (κ2) is 8.16. The molecule has 166 valence electrons. The highest BCUT2D eigenvalue weighted by Crippen LogP contribution is 2.39. The van der Waals surface area contributed by atoms with Crippen LogP contribution in [0.5, 0.6) is 5.75 Å². The quantitative estimate of drug-likeness (QED) is 0.421. The molecule has 1 amide bonds. The van der Waals surface area contributed by atoms with Gasteiger partial charge in [-0.3, -0.25) is 9.59 Å². The zero-order valence-electron chi connectivity index (χ0n) is 17.7. The fourth-order valence-electron chi connectivity index (χ4n) is 4.20. The lowest BCUT2D eigenvalue weighted by Gasteiger charge is -2.25. The minimum Gasteiger partial charge on any atom is -0.494 e. The average Bonchev–Trinajstić information content (AvgIpc) is 3.08. The van der Waals surface area contributed by atoms with Crippen molar-refractivity contribution >= 4 is 16.9 Å². The molecule has 1 aromatic heterocycles. The Morgan fingerprint density at radius 1 is 0.939 bits per heavy atom. The summed E-state index contributed by atoms with van der Waals surface area (Å²) in [4.78, 5) is 28.3. The van der Waals surface area contributed by atoms with Crippen LogP contribution in [-0.2, 0) is 6.54 Å². The fraction of sp³-hybridized carbons (Fsp3) is 0.154. The lowest BCUT2D eigenvalue weighted by atomic mass is 9.98. The van der Waals surface area contributed by atoms with E-state index in [9.17, 15) is 18.4 Å². The highest BCUT2D eigenvalue weighted by molar-refractivity contribution is 5.99. The molecule has 4 aromatic rings. The molecule has 7 heteroatoms. The van der Waals surface area contributed by atoms with Gasteiger partial charge in [-0.2, -0.15) is 0 Å². The summed E-state index contributed by atoms with van der Waals surface area (Å²) in [6.07, 6.45) is 0. The lowest BCUT2D eigenvalue weighted by Crippen LogP contribution is -2.29. The van der Waals surface area contributed by atoms with Crippen LogP contribution in [0, 0.1) is 11.6 Å². The molecule has 0 radical (unpaired) electrons. The van der Waals surface area contributed by atoms with Gasteiger partial charge in [0, 0.05) is 6.54 Å². The Hall–Kier alpha value is -4.00. The van der Waals surface area contributed by atoms with Crippen LogP contribution in [0.3, 0.4) is 0 Å². The molecule has 3 aromatic carbocycles. The van der Waals surface area contributed by atoms with Crippen molar-refractivity contribution in [1.29, 1.82) is 0 Å². The van der Waals surface area contributed by atoms with Gasteiger partial charge in [0.2, 0.25) is 5.76 Å². The molecule has 0 saturated heterocycles. The zero-order chi connectivity index (χ0) is 23.1. The van der Waals surface area contributed by atoms with Crippen molar-refractivity contribution < 1.29 is 22.7 Å².